The maximum Gasteiger partial charge on any atom is 0.278 e. The fourth-order valence-electron chi connectivity index (χ4n) is 1.89. The van der Waals surface area contributed by atoms with Crippen molar-refractivity contribution in [3.63, 3.8) is 0 Å². The molecule has 0 saturated heterocycles. The quantitative estimate of drug-likeness (QED) is 0.541. The highest BCUT2D eigenvalue weighted by atomic mass is 32.2. The summed E-state index contributed by atoms with van der Waals surface area (Å²) in [5.74, 6) is 0. The van der Waals surface area contributed by atoms with Crippen molar-refractivity contribution in [3.8, 4) is 0 Å². The third kappa shape index (κ3) is 2.33. The van der Waals surface area contributed by atoms with E-state index in [1.807, 2.05) is 18.2 Å². The van der Waals surface area contributed by atoms with Gasteiger partial charge in [0, 0.05) is 23.4 Å². The Morgan fingerprint density at radius 1 is 1.00 bits per heavy atom. The first kappa shape index (κ1) is 12.6. The molecule has 0 radical (unpaired) electrons. The Bertz CT molecular complexity index is 778. The van der Waals surface area contributed by atoms with E-state index in [-0.39, 0.29) is 10.6 Å². The predicted octanol–water partition coefficient (Wildman–Crippen LogP) is 3.69. The molecule has 0 N–H and O–H groups in total. The number of fused-ring (bicyclic) bond motifs is 1. The van der Waals surface area contributed by atoms with Gasteiger partial charge >= 0.3 is 0 Å². The summed E-state index contributed by atoms with van der Waals surface area (Å²) >= 11 is 1.44. The highest BCUT2D eigenvalue weighted by Crippen LogP contribution is 2.35. The van der Waals surface area contributed by atoms with E-state index >= 15 is 0 Å². The normalized spacial score (nSPS) is 10.6. The van der Waals surface area contributed by atoms with Gasteiger partial charge in [0.2, 0.25) is 0 Å². The fourth-order valence-corrected chi connectivity index (χ4v) is 2.77. The molecule has 0 bridgehead atoms. The van der Waals surface area contributed by atoms with Gasteiger partial charge in [-0.05, 0) is 30.3 Å². The Morgan fingerprint density at radius 2 is 1.85 bits per heavy atom. The highest BCUT2D eigenvalue weighted by Gasteiger charge is 2.15. The van der Waals surface area contributed by atoms with Crippen LogP contribution in [0.3, 0.4) is 0 Å². The molecule has 0 aliphatic carbocycles. The van der Waals surface area contributed by atoms with Crippen LogP contribution in [0.2, 0.25) is 0 Å². The number of rotatable bonds is 3. The molecule has 0 spiro atoms. The van der Waals surface area contributed by atoms with Crippen molar-refractivity contribution in [2.45, 2.75) is 9.92 Å². The minimum Gasteiger partial charge on any atom is -0.258 e. The first-order chi connectivity index (χ1) is 9.75. The summed E-state index contributed by atoms with van der Waals surface area (Å²) in [7, 11) is 0. The Labute approximate surface area is 118 Å². The number of hydrogen-bond acceptors (Lipinski definition) is 5. The van der Waals surface area contributed by atoms with Gasteiger partial charge in [0.05, 0.1) is 15.8 Å². The molecule has 6 heteroatoms. The van der Waals surface area contributed by atoms with Crippen molar-refractivity contribution < 1.29 is 4.92 Å². The van der Waals surface area contributed by atoms with Crippen molar-refractivity contribution in [3.05, 3.63) is 65.0 Å². The number of pyridine rings is 2. The summed E-state index contributed by atoms with van der Waals surface area (Å²) in [5, 5.41) is 12.4. The number of benzene rings is 1. The number of non-ortho nitro benzene ring substituents is 1. The van der Waals surface area contributed by atoms with Crippen LogP contribution in [-0.2, 0) is 0 Å². The Kier molecular flexibility index (Phi) is 3.30. The second-order valence-electron chi connectivity index (χ2n) is 4.01. The van der Waals surface area contributed by atoms with Gasteiger partial charge in [-0.2, -0.15) is 0 Å². The SMILES string of the molecule is O=[N+]([O-])c1ccc(Sc2ccccn2)c2ncccc12. The number of aromatic nitrogens is 2. The number of nitrogens with zero attached hydrogens (tertiary/aromatic N) is 3. The van der Waals surface area contributed by atoms with E-state index in [0.29, 0.717) is 10.9 Å². The molecular formula is C14H9N3O2S. The second kappa shape index (κ2) is 5.26. The number of hydrogen-bond donors (Lipinski definition) is 0. The molecule has 2 heterocycles. The van der Waals surface area contributed by atoms with Gasteiger partial charge in [-0.3, -0.25) is 15.1 Å². The molecule has 0 aliphatic heterocycles. The summed E-state index contributed by atoms with van der Waals surface area (Å²) in [4.78, 5) is 20.0. The third-order valence-electron chi connectivity index (χ3n) is 2.76. The van der Waals surface area contributed by atoms with Crippen LogP contribution in [0, 0.1) is 10.1 Å². The van der Waals surface area contributed by atoms with Crippen molar-refractivity contribution in [2.75, 3.05) is 0 Å². The maximum absolute atomic E-state index is 11.0. The summed E-state index contributed by atoms with van der Waals surface area (Å²) in [6.07, 6.45) is 3.35. The molecule has 0 unspecified atom stereocenters. The van der Waals surface area contributed by atoms with Crippen LogP contribution in [-0.4, -0.2) is 14.9 Å². The smallest absolute Gasteiger partial charge is 0.258 e. The van der Waals surface area contributed by atoms with Crippen molar-refractivity contribution >= 4 is 28.4 Å². The summed E-state index contributed by atoms with van der Waals surface area (Å²) < 4.78 is 0. The predicted molar refractivity (Wildman–Crippen MR) is 76.8 cm³/mol. The minimum atomic E-state index is -0.390. The van der Waals surface area contributed by atoms with Crippen molar-refractivity contribution in [1.29, 1.82) is 0 Å². The van der Waals surface area contributed by atoms with Crippen LogP contribution in [0.1, 0.15) is 0 Å². The molecule has 98 valence electrons. The number of nitro benzene ring substituents is 1. The van der Waals surface area contributed by atoms with Crippen molar-refractivity contribution in [2.24, 2.45) is 0 Å². The first-order valence-electron chi connectivity index (χ1n) is 5.87. The zero-order valence-electron chi connectivity index (χ0n) is 10.3. The molecule has 3 rings (SSSR count). The lowest BCUT2D eigenvalue weighted by Gasteiger charge is -2.05. The lowest BCUT2D eigenvalue weighted by Crippen LogP contribution is -1.92. The third-order valence-corrected chi connectivity index (χ3v) is 3.76. The van der Waals surface area contributed by atoms with E-state index in [0.717, 1.165) is 9.92 Å². The molecule has 0 aliphatic rings. The Balaban J connectivity index is 2.13. The van der Waals surface area contributed by atoms with E-state index in [1.54, 1.807) is 30.6 Å². The molecule has 3 aromatic rings. The van der Waals surface area contributed by atoms with Crippen LogP contribution in [0.25, 0.3) is 10.9 Å². The molecule has 0 amide bonds. The van der Waals surface area contributed by atoms with Crippen molar-refractivity contribution in [1.82, 2.24) is 9.97 Å². The van der Waals surface area contributed by atoms with Crippen LogP contribution >= 0.6 is 11.8 Å². The van der Waals surface area contributed by atoms with Gasteiger partial charge in [0.1, 0.15) is 5.03 Å². The molecule has 5 nitrogen and oxygen atoms in total. The standard InChI is InChI=1S/C14H9N3O2S/c18-17(19)11-6-7-12(14-10(11)4-3-9-16-14)20-13-5-1-2-8-15-13/h1-9H. The summed E-state index contributed by atoms with van der Waals surface area (Å²) in [5.41, 5.74) is 0.691. The highest BCUT2D eigenvalue weighted by molar-refractivity contribution is 7.99. The largest absolute Gasteiger partial charge is 0.278 e. The topological polar surface area (TPSA) is 68.9 Å². The fraction of sp³-hybridized carbons (Fsp3) is 0. The van der Waals surface area contributed by atoms with Crippen LogP contribution < -0.4 is 0 Å². The second-order valence-corrected chi connectivity index (χ2v) is 5.07. The van der Waals surface area contributed by atoms with Crippen LogP contribution in [0.5, 0.6) is 0 Å². The average molecular weight is 283 g/mol. The average Bonchev–Trinajstić information content (AvgIpc) is 2.48. The van der Waals surface area contributed by atoms with E-state index in [1.165, 1.54) is 17.8 Å². The molecule has 2 aromatic heterocycles. The zero-order chi connectivity index (χ0) is 13.9. The van der Waals surface area contributed by atoms with Gasteiger partial charge in [0.15, 0.2) is 0 Å². The molecule has 0 atom stereocenters. The minimum absolute atomic E-state index is 0.0680. The number of nitro groups is 1. The van der Waals surface area contributed by atoms with E-state index in [2.05, 4.69) is 9.97 Å². The van der Waals surface area contributed by atoms with E-state index < -0.39 is 0 Å². The van der Waals surface area contributed by atoms with Gasteiger partial charge in [-0.15, -0.1) is 0 Å². The maximum atomic E-state index is 11.0. The monoisotopic (exact) mass is 283 g/mol. The van der Waals surface area contributed by atoms with E-state index in [9.17, 15) is 10.1 Å². The van der Waals surface area contributed by atoms with Gasteiger partial charge in [-0.1, -0.05) is 17.8 Å². The van der Waals surface area contributed by atoms with Gasteiger partial charge in [0.25, 0.3) is 5.69 Å². The molecular weight excluding hydrogens is 274 g/mol. The Hall–Kier alpha value is -2.47. The van der Waals surface area contributed by atoms with Gasteiger partial charge < -0.3 is 0 Å². The zero-order valence-corrected chi connectivity index (χ0v) is 11.1. The van der Waals surface area contributed by atoms with Crippen LogP contribution in [0.15, 0.2) is 64.8 Å². The Morgan fingerprint density at radius 3 is 2.60 bits per heavy atom. The van der Waals surface area contributed by atoms with Crippen LogP contribution in [0.4, 0.5) is 5.69 Å². The summed E-state index contributed by atoms with van der Waals surface area (Å²) in [6.45, 7) is 0. The van der Waals surface area contributed by atoms with Gasteiger partial charge in [-0.25, -0.2) is 4.98 Å². The summed E-state index contributed by atoms with van der Waals surface area (Å²) in [6, 6.07) is 12.3. The van der Waals surface area contributed by atoms with E-state index in [4.69, 9.17) is 0 Å². The molecule has 1 aromatic carbocycles. The molecule has 0 saturated carbocycles. The molecule has 0 fully saturated rings. The first-order valence-corrected chi connectivity index (χ1v) is 6.68. The lowest BCUT2D eigenvalue weighted by atomic mass is 10.2. The lowest BCUT2D eigenvalue weighted by molar-refractivity contribution is -0.383. The molecule has 20 heavy (non-hydrogen) atoms.